The summed E-state index contributed by atoms with van der Waals surface area (Å²) in [6.07, 6.45) is 9.39. The van der Waals surface area contributed by atoms with Gasteiger partial charge < -0.3 is 20.9 Å². The van der Waals surface area contributed by atoms with Crippen LogP contribution in [0, 0.1) is 22.2 Å². The second-order valence-electron chi connectivity index (χ2n) is 9.88. The Morgan fingerprint density at radius 2 is 1.97 bits per heavy atom. The minimum atomic E-state index is 0.270. The van der Waals surface area contributed by atoms with Crippen molar-refractivity contribution >= 4 is 23.7 Å². The zero-order valence-electron chi connectivity index (χ0n) is 20.2. The molecule has 1 atom stereocenters. The zero-order chi connectivity index (χ0) is 23.7. The van der Waals surface area contributed by atoms with E-state index >= 15 is 0 Å². The molecule has 0 saturated carbocycles. The SMILES string of the molecule is CNC1=C(C=N)C=C(C2=C(c3ccc(C#N)cc3)N(C)C(N3CCC4(CCNC4)CC3)S2)CC1. The second kappa shape index (κ2) is 9.61. The Morgan fingerprint density at radius 1 is 1.21 bits per heavy atom. The number of hydrogen-bond acceptors (Lipinski definition) is 7. The maximum atomic E-state index is 9.28. The number of nitriles is 1. The number of likely N-dealkylation sites (tertiary alicyclic amines) is 1. The number of hydrogen-bond donors (Lipinski definition) is 3. The lowest BCUT2D eigenvalue weighted by Crippen LogP contribution is -2.48. The molecule has 2 fully saturated rings. The Kier molecular flexibility index (Phi) is 6.57. The monoisotopic (exact) mass is 474 g/mol. The minimum absolute atomic E-state index is 0.270. The molecule has 0 bridgehead atoms. The summed E-state index contributed by atoms with van der Waals surface area (Å²) in [4.78, 5) is 6.41. The van der Waals surface area contributed by atoms with Crippen LogP contribution in [0.3, 0.4) is 0 Å². The normalized spacial score (nSPS) is 25.0. The predicted molar refractivity (Wildman–Crippen MR) is 140 cm³/mol. The number of rotatable bonds is 5. The third-order valence-electron chi connectivity index (χ3n) is 7.98. The van der Waals surface area contributed by atoms with E-state index in [9.17, 15) is 5.26 Å². The number of benzene rings is 1. The summed E-state index contributed by atoms with van der Waals surface area (Å²) in [5, 5.41) is 24.1. The topological polar surface area (TPSA) is 78.2 Å². The van der Waals surface area contributed by atoms with E-state index < -0.39 is 0 Å². The molecular weight excluding hydrogens is 440 g/mol. The largest absolute Gasteiger partial charge is 0.391 e. The molecule has 34 heavy (non-hydrogen) atoms. The van der Waals surface area contributed by atoms with Gasteiger partial charge in [-0.3, -0.25) is 4.90 Å². The van der Waals surface area contributed by atoms with Crippen molar-refractivity contribution in [3.8, 4) is 6.07 Å². The van der Waals surface area contributed by atoms with Crippen molar-refractivity contribution in [1.29, 1.82) is 10.7 Å². The van der Waals surface area contributed by atoms with Gasteiger partial charge in [0.05, 0.1) is 17.3 Å². The molecule has 3 aliphatic heterocycles. The van der Waals surface area contributed by atoms with E-state index in [1.165, 1.54) is 48.2 Å². The Labute approximate surface area is 207 Å². The number of nitrogens with one attached hydrogen (secondary N) is 3. The van der Waals surface area contributed by atoms with Crippen molar-refractivity contribution in [3.63, 3.8) is 0 Å². The van der Waals surface area contributed by atoms with E-state index in [0.717, 1.165) is 49.3 Å². The molecule has 5 rings (SSSR count). The highest BCUT2D eigenvalue weighted by molar-refractivity contribution is 8.04. The Hall–Kier alpha value is -2.53. The van der Waals surface area contributed by atoms with Crippen LogP contribution in [-0.2, 0) is 0 Å². The van der Waals surface area contributed by atoms with Gasteiger partial charge in [0.1, 0.15) is 5.50 Å². The van der Waals surface area contributed by atoms with Crippen LogP contribution in [0.2, 0.25) is 0 Å². The second-order valence-corrected chi connectivity index (χ2v) is 10.9. The molecule has 0 aromatic heterocycles. The first-order valence-electron chi connectivity index (χ1n) is 12.3. The molecule has 1 aromatic carbocycles. The van der Waals surface area contributed by atoms with Crippen molar-refractivity contribution in [2.24, 2.45) is 5.41 Å². The van der Waals surface area contributed by atoms with Crippen molar-refractivity contribution in [2.75, 3.05) is 40.3 Å². The molecule has 7 heteroatoms. The molecular formula is C27H34N6S. The van der Waals surface area contributed by atoms with Crippen LogP contribution in [0.25, 0.3) is 5.70 Å². The van der Waals surface area contributed by atoms with Gasteiger partial charge in [-0.2, -0.15) is 5.26 Å². The van der Waals surface area contributed by atoms with E-state index in [0.29, 0.717) is 11.0 Å². The smallest absolute Gasteiger partial charge is 0.135 e. The van der Waals surface area contributed by atoms with Gasteiger partial charge in [-0.1, -0.05) is 23.9 Å². The molecule has 2 saturated heterocycles. The summed E-state index contributed by atoms with van der Waals surface area (Å²) in [5.41, 5.74) is 7.27. The lowest BCUT2D eigenvalue weighted by molar-refractivity contribution is 0.0778. The molecule has 1 aromatic rings. The van der Waals surface area contributed by atoms with Gasteiger partial charge in [0, 0.05) is 56.1 Å². The van der Waals surface area contributed by atoms with Gasteiger partial charge in [0.2, 0.25) is 0 Å². The summed E-state index contributed by atoms with van der Waals surface area (Å²) in [7, 11) is 4.16. The van der Waals surface area contributed by atoms with Crippen LogP contribution < -0.4 is 10.6 Å². The molecule has 4 aliphatic rings. The quantitative estimate of drug-likeness (QED) is 0.558. The van der Waals surface area contributed by atoms with Gasteiger partial charge >= 0.3 is 0 Å². The highest BCUT2D eigenvalue weighted by Crippen LogP contribution is 2.50. The number of allylic oxidation sites excluding steroid dienone is 4. The zero-order valence-corrected chi connectivity index (χ0v) is 21.0. The number of thioether (sulfide) groups is 1. The van der Waals surface area contributed by atoms with Crippen LogP contribution in [0.4, 0.5) is 0 Å². The molecule has 3 N–H and O–H groups in total. The van der Waals surface area contributed by atoms with E-state index in [2.05, 4.69) is 51.8 Å². The van der Waals surface area contributed by atoms with Crippen LogP contribution >= 0.6 is 11.8 Å². The predicted octanol–water partition coefficient (Wildman–Crippen LogP) is 4.11. The van der Waals surface area contributed by atoms with Crippen LogP contribution in [-0.4, -0.2) is 61.8 Å². The summed E-state index contributed by atoms with van der Waals surface area (Å²) >= 11 is 1.96. The molecule has 178 valence electrons. The van der Waals surface area contributed by atoms with Crippen LogP contribution in [0.5, 0.6) is 0 Å². The van der Waals surface area contributed by atoms with E-state index in [1.54, 1.807) is 0 Å². The number of nitrogens with zero attached hydrogens (tertiary/aromatic N) is 3. The molecule has 1 spiro atoms. The fourth-order valence-corrected chi connectivity index (χ4v) is 7.39. The van der Waals surface area contributed by atoms with Gasteiger partial charge in [-0.25, -0.2) is 0 Å². The fourth-order valence-electron chi connectivity index (χ4n) is 5.87. The van der Waals surface area contributed by atoms with Gasteiger partial charge in [-0.15, -0.1) is 0 Å². The first-order chi connectivity index (χ1) is 16.6. The van der Waals surface area contributed by atoms with Crippen LogP contribution in [0.1, 0.15) is 43.2 Å². The highest BCUT2D eigenvalue weighted by atomic mass is 32.2. The maximum Gasteiger partial charge on any atom is 0.135 e. The molecule has 6 nitrogen and oxygen atoms in total. The van der Waals surface area contributed by atoms with Crippen molar-refractivity contribution in [1.82, 2.24) is 20.4 Å². The lowest BCUT2D eigenvalue weighted by Gasteiger charge is -2.43. The summed E-state index contributed by atoms with van der Waals surface area (Å²) in [6, 6.07) is 10.2. The van der Waals surface area contributed by atoms with Crippen molar-refractivity contribution in [2.45, 2.75) is 37.6 Å². The fraction of sp³-hybridized carbons (Fsp3) is 0.481. The van der Waals surface area contributed by atoms with E-state index in [4.69, 9.17) is 5.41 Å². The molecule has 0 amide bonds. The average Bonchev–Trinajstić information content (AvgIpc) is 3.48. The summed E-state index contributed by atoms with van der Waals surface area (Å²) in [5.74, 6) is 0. The summed E-state index contributed by atoms with van der Waals surface area (Å²) < 4.78 is 0. The first-order valence-corrected chi connectivity index (χ1v) is 13.2. The van der Waals surface area contributed by atoms with Gasteiger partial charge in [-0.05, 0) is 73.4 Å². The van der Waals surface area contributed by atoms with Gasteiger partial charge in [0.25, 0.3) is 0 Å². The molecule has 0 radical (unpaired) electrons. The molecule has 3 heterocycles. The number of piperidine rings is 1. The Balaban J connectivity index is 1.47. The average molecular weight is 475 g/mol. The minimum Gasteiger partial charge on any atom is -0.391 e. The molecule has 1 unspecified atom stereocenters. The summed E-state index contributed by atoms with van der Waals surface area (Å²) in [6.45, 7) is 4.60. The van der Waals surface area contributed by atoms with E-state index in [1.807, 2.05) is 30.9 Å². The third kappa shape index (κ3) is 4.19. The van der Waals surface area contributed by atoms with Crippen LogP contribution in [0.15, 0.2) is 52.1 Å². The van der Waals surface area contributed by atoms with Gasteiger partial charge in [0.15, 0.2) is 0 Å². The third-order valence-corrected chi connectivity index (χ3v) is 9.50. The lowest BCUT2D eigenvalue weighted by atomic mass is 9.78. The van der Waals surface area contributed by atoms with Crippen molar-refractivity contribution < 1.29 is 0 Å². The highest BCUT2D eigenvalue weighted by Gasteiger charge is 2.42. The molecule has 1 aliphatic carbocycles. The maximum absolute atomic E-state index is 9.28. The Morgan fingerprint density at radius 3 is 2.59 bits per heavy atom. The van der Waals surface area contributed by atoms with Crippen molar-refractivity contribution in [3.05, 3.63) is 63.2 Å². The first kappa shape index (κ1) is 23.2. The standard InChI is InChI=1S/C27H34N6S/c1-30-23-8-7-21(15-22(23)17-29)25-24(20-5-3-19(16-28)4-6-20)32(2)26(34-25)33-13-10-27(11-14-33)9-12-31-18-27/h3-6,15,17,26,29-31H,7-14,18H2,1-2H3. The Bertz CT molecular complexity index is 1080. The van der Waals surface area contributed by atoms with E-state index in [-0.39, 0.29) is 5.50 Å².